The minimum absolute atomic E-state index is 0.0148. The van der Waals surface area contributed by atoms with Crippen LogP contribution in [0.4, 0.5) is 0 Å². The number of nitrogens with one attached hydrogen (secondary N) is 2. The molecule has 7 heteroatoms. The van der Waals surface area contributed by atoms with E-state index in [4.69, 9.17) is 0 Å². The van der Waals surface area contributed by atoms with Crippen molar-refractivity contribution in [1.82, 2.24) is 20.4 Å². The van der Waals surface area contributed by atoms with Crippen molar-refractivity contribution < 1.29 is 4.79 Å². The van der Waals surface area contributed by atoms with Crippen LogP contribution in [0.5, 0.6) is 0 Å². The van der Waals surface area contributed by atoms with Gasteiger partial charge >= 0.3 is 0 Å². The third kappa shape index (κ3) is 2.08. The number of aromatic nitrogens is 2. The lowest BCUT2D eigenvalue weighted by Crippen LogP contribution is -2.37. The Morgan fingerprint density at radius 1 is 1.38 bits per heavy atom. The molecule has 1 saturated heterocycles. The average molecular weight is 304 g/mol. The molecule has 0 spiro atoms. The van der Waals surface area contributed by atoms with Gasteiger partial charge in [-0.05, 0) is 31.7 Å². The van der Waals surface area contributed by atoms with Gasteiger partial charge < -0.3 is 4.98 Å². The predicted octanol–water partition coefficient (Wildman–Crippen LogP) is 1.10. The average Bonchev–Trinajstić information content (AvgIpc) is 3.04. The number of amides is 1. The van der Waals surface area contributed by atoms with Crippen molar-refractivity contribution in [2.75, 3.05) is 0 Å². The van der Waals surface area contributed by atoms with Gasteiger partial charge in [0.1, 0.15) is 10.7 Å². The van der Waals surface area contributed by atoms with Crippen LogP contribution < -0.4 is 11.0 Å². The van der Waals surface area contributed by atoms with Gasteiger partial charge in [-0.25, -0.2) is 9.99 Å². The van der Waals surface area contributed by atoms with Crippen molar-refractivity contribution in [3.63, 3.8) is 0 Å². The molecule has 2 N–H and O–H groups in total. The number of nitrogens with zero attached hydrogens (tertiary/aromatic N) is 2. The molecular formula is C14H16N4O2S. The van der Waals surface area contributed by atoms with E-state index in [1.54, 1.807) is 11.3 Å². The fourth-order valence-electron chi connectivity index (χ4n) is 3.17. The molecule has 1 atom stereocenters. The molecule has 0 saturated carbocycles. The van der Waals surface area contributed by atoms with E-state index in [-0.39, 0.29) is 17.5 Å². The van der Waals surface area contributed by atoms with Gasteiger partial charge in [0.25, 0.3) is 5.56 Å². The van der Waals surface area contributed by atoms with Crippen LogP contribution in [0.2, 0.25) is 0 Å². The number of aryl methyl sites for hydroxylation is 2. The molecule has 3 heterocycles. The zero-order valence-corrected chi connectivity index (χ0v) is 12.5. The van der Waals surface area contributed by atoms with Gasteiger partial charge in [-0.1, -0.05) is 0 Å². The van der Waals surface area contributed by atoms with Crippen molar-refractivity contribution in [1.29, 1.82) is 0 Å². The van der Waals surface area contributed by atoms with Crippen LogP contribution in [0.15, 0.2) is 4.79 Å². The highest BCUT2D eigenvalue weighted by atomic mass is 32.1. The lowest BCUT2D eigenvalue weighted by Gasteiger charge is -2.18. The zero-order chi connectivity index (χ0) is 14.6. The molecule has 21 heavy (non-hydrogen) atoms. The summed E-state index contributed by atoms with van der Waals surface area (Å²) >= 11 is 1.64. The zero-order valence-electron chi connectivity index (χ0n) is 11.7. The maximum Gasteiger partial charge on any atom is 0.259 e. The third-order valence-electron chi connectivity index (χ3n) is 4.23. The molecule has 1 amide bonds. The predicted molar refractivity (Wildman–Crippen MR) is 80.0 cm³/mol. The number of hydrazine groups is 1. The quantitative estimate of drug-likeness (QED) is 0.871. The summed E-state index contributed by atoms with van der Waals surface area (Å²) in [6, 6.07) is 0.117. The molecule has 1 unspecified atom stereocenters. The minimum atomic E-state index is -0.0485. The van der Waals surface area contributed by atoms with Gasteiger partial charge in [0.2, 0.25) is 5.91 Å². The van der Waals surface area contributed by atoms with Gasteiger partial charge in [-0.2, -0.15) is 0 Å². The van der Waals surface area contributed by atoms with Crippen molar-refractivity contribution >= 4 is 27.5 Å². The first kappa shape index (κ1) is 13.0. The molecule has 2 aromatic rings. The molecule has 110 valence electrons. The van der Waals surface area contributed by atoms with Crippen LogP contribution >= 0.6 is 11.3 Å². The second-order valence-electron chi connectivity index (χ2n) is 5.77. The maximum absolute atomic E-state index is 12.3. The van der Waals surface area contributed by atoms with E-state index < -0.39 is 0 Å². The van der Waals surface area contributed by atoms with E-state index in [1.807, 2.05) is 11.9 Å². The van der Waals surface area contributed by atoms with Crippen LogP contribution in [-0.2, 0) is 24.2 Å². The van der Waals surface area contributed by atoms with Gasteiger partial charge in [0, 0.05) is 17.3 Å². The number of rotatable bonds is 2. The number of fused-ring (bicyclic) bond motifs is 3. The number of carbonyl (C=O) groups excluding carboxylic acids is 1. The SMILES string of the molecule is CC1CC(=O)NN1Cc1nc2sc3c(c2c(=O)[nH]1)CCC3. The van der Waals surface area contributed by atoms with Crippen LogP contribution in [0.3, 0.4) is 0 Å². The largest absolute Gasteiger partial charge is 0.309 e. The second-order valence-corrected chi connectivity index (χ2v) is 6.85. The number of hydrogen-bond donors (Lipinski definition) is 2. The highest BCUT2D eigenvalue weighted by molar-refractivity contribution is 7.18. The van der Waals surface area contributed by atoms with E-state index >= 15 is 0 Å². The van der Waals surface area contributed by atoms with Gasteiger partial charge in [-0.3, -0.25) is 15.0 Å². The van der Waals surface area contributed by atoms with Crippen molar-refractivity contribution in [2.45, 2.75) is 45.2 Å². The standard InChI is InChI=1S/C14H16N4O2S/c1-7-5-11(19)17-18(7)6-10-15-13(20)12-8-3-2-4-9(8)21-14(12)16-10/h7H,2-6H2,1H3,(H,17,19)(H,15,16,20). The summed E-state index contributed by atoms with van der Waals surface area (Å²) in [6.07, 6.45) is 3.67. The summed E-state index contributed by atoms with van der Waals surface area (Å²) < 4.78 is 0. The van der Waals surface area contributed by atoms with E-state index in [0.717, 1.165) is 29.5 Å². The second kappa shape index (κ2) is 4.64. The van der Waals surface area contributed by atoms with E-state index in [9.17, 15) is 9.59 Å². The summed E-state index contributed by atoms with van der Waals surface area (Å²) in [7, 11) is 0. The monoisotopic (exact) mass is 304 g/mol. The Morgan fingerprint density at radius 2 is 2.24 bits per heavy atom. The summed E-state index contributed by atoms with van der Waals surface area (Å²) in [5, 5.41) is 2.60. The molecule has 0 aromatic carbocycles. The Hall–Kier alpha value is -1.73. The number of hydrogen-bond acceptors (Lipinski definition) is 5. The number of thiophene rings is 1. The molecule has 0 bridgehead atoms. The van der Waals surface area contributed by atoms with Crippen LogP contribution in [0, 0.1) is 0 Å². The highest BCUT2D eigenvalue weighted by Crippen LogP contribution is 2.34. The third-order valence-corrected chi connectivity index (χ3v) is 5.41. The Morgan fingerprint density at radius 3 is 3.00 bits per heavy atom. The highest BCUT2D eigenvalue weighted by Gasteiger charge is 2.27. The van der Waals surface area contributed by atoms with E-state index in [0.29, 0.717) is 18.8 Å². The molecule has 1 aliphatic heterocycles. The van der Waals surface area contributed by atoms with Crippen LogP contribution in [0.25, 0.3) is 10.2 Å². The van der Waals surface area contributed by atoms with Crippen molar-refractivity contribution in [3.05, 3.63) is 26.6 Å². The topological polar surface area (TPSA) is 78.1 Å². The van der Waals surface area contributed by atoms with Gasteiger partial charge in [0.15, 0.2) is 0 Å². The molecule has 1 aliphatic carbocycles. The van der Waals surface area contributed by atoms with Gasteiger partial charge in [0.05, 0.1) is 11.9 Å². The normalized spacial score (nSPS) is 22.0. The van der Waals surface area contributed by atoms with Crippen molar-refractivity contribution in [3.8, 4) is 0 Å². The summed E-state index contributed by atoms with van der Waals surface area (Å²) in [5.74, 6) is 0.627. The Kier molecular flexibility index (Phi) is 2.87. The molecular weight excluding hydrogens is 288 g/mol. The Balaban J connectivity index is 1.71. The maximum atomic E-state index is 12.3. The summed E-state index contributed by atoms with van der Waals surface area (Å²) in [5.41, 5.74) is 3.94. The molecule has 1 fully saturated rings. The van der Waals surface area contributed by atoms with Crippen LogP contribution in [-0.4, -0.2) is 26.9 Å². The van der Waals surface area contributed by atoms with Crippen LogP contribution in [0.1, 0.15) is 36.0 Å². The van der Waals surface area contributed by atoms with Crippen molar-refractivity contribution in [2.24, 2.45) is 0 Å². The number of carbonyl (C=O) groups is 1. The lowest BCUT2D eigenvalue weighted by molar-refractivity contribution is -0.121. The fourth-order valence-corrected chi connectivity index (χ4v) is 4.45. The molecule has 4 rings (SSSR count). The fraction of sp³-hybridized carbons (Fsp3) is 0.500. The first-order valence-electron chi connectivity index (χ1n) is 7.21. The van der Waals surface area contributed by atoms with E-state index in [2.05, 4.69) is 15.4 Å². The molecule has 2 aromatic heterocycles. The Labute approximate surface area is 125 Å². The van der Waals surface area contributed by atoms with Gasteiger partial charge in [-0.15, -0.1) is 11.3 Å². The minimum Gasteiger partial charge on any atom is -0.309 e. The Bertz CT molecular complexity index is 794. The molecule has 6 nitrogen and oxygen atoms in total. The summed E-state index contributed by atoms with van der Waals surface area (Å²) in [4.78, 5) is 33.3. The number of H-pyrrole nitrogens is 1. The summed E-state index contributed by atoms with van der Waals surface area (Å²) in [6.45, 7) is 2.41. The molecule has 0 radical (unpaired) electrons. The first-order valence-corrected chi connectivity index (χ1v) is 8.03. The number of aromatic amines is 1. The van der Waals surface area contributed by atoms with E-state index in [1.165, 1.54) is 10.4 Å². The smallest absolute Gasteiger partial charge is 0.259 e. The lowest BCUT2D eigenvalue weighted by atomic mass is 10.2. The molecule has 2 aliphatic rings. The first-order chi connectivity index (χ1) is 10.1.